The minimum Gasteiger partial charge on any atom is -0.479 e. The Balaban J connectivity index is 4.04. The molecule has 0 aliphatic carbocycles. The lowest BCUT2D eigenvalue weighted by Crippen LogP contribution is -2.39. The lowest BCUT2D eigenvalue weighted by Gasteiger charge is -2.16. The number of alkyl halides is 3. The first-order valence-corrected chi connectivity index (χ1v) is 3.80. The van der Waals surface area contributed by atoms with Gasteiger partial charge in [-0.05, 0) is 6.42 Å². The lowest BCUT2D eigenvalue weighted by atomic mass is 10.3. The largest absolute Gasteiger partial charge is 0.479 e. The Bertz CT molecular complexity index is 167. The molecule has 0 radical (unpaired) electrons. The maximum atomic E-state index is 11.9. The molecule has 0 aromatic carbocycles. The predicted octanol–water partition coefficient (Wildman–Crippen LogP) is 1.82. The smallest absolute Gasteiger partial charge is 0.425 e. The molecular weight excluding hydrogens is 189 g/mol. The first-order valence-electron chi connectivity index (χ1n) is 3.80. The van der Waals surface area contributed by atoms with Crippen LogP contribution in [0, 0.1) is 0 Å². The van der Waals surface area contributed by atoms with Gasteiger partial charge < -0.3 is 9.84 Å². The van der Waals surface area contributed by atoms with Crippen LogP contribution >= 0.6 is 0 Å². The minimum atomic E-state index is -4.83. The molecule has 0 amide bonds. The van der Waals surface area contributed by atoms with Crippen LogP contribution in [0.15, 0.2) is 0 Å². The summed E-state index contributed by atoms with van der Waals surface area (Å²) < 4.78 is 39.9. The van der Waals surface area contributed by atoms with Crippen LogP contribution in [-0.4, -0.2) is 30.0 Å². The van der Waals surface area contributed by atoms with Crippen molar-refractivity contribution in [2.24, 2.45) is 0 Å². The summed E-state index contributed by atoms with van der Waals surface area (Å²) >= 11 is 0. The highest BCUT2D eigenvalue weighted by atomic mass is 19.4. The van der Waals surface area contributed by atoms with E-state index < -0.39 is 18.2 Å². The molecule has 1 unspecified atom stereocenters. The van der Waals surface area contributed by atoms with E-state index in [9.17, 15) is 18.0 Å². The second-order valence-electron chi connectivity index (χ2n) is 2.48. The molecule has 0 aromatic heterocycles. The molecule has 0 aromatic rings. The van der Waals surface area contributed by atoms with Crippen molar-refractivity contribution in [3.8, 4) is 0 Å². The zero-order valence-corrected chi connectivity index (χ0v) is 7.10. The molecule has 0 heterocycles. The molecule has 0 spiro atoms. The van der Waals surface area contributed by atoms with Gasteiger partial charge in [-0.3, -0.25) is 0 Å². The highest BCUT2D eigenvalue weighted by molar-refractivity contribution is 5.73. The average Bonchev–Trinajstić information content (AvgIpc) is 1.94. The van der Waals surface area contributed by atoms with Crippen molar-refractivity contribution in [3.05, 3.63) is 0 Å². The summed E-state index contributed by atoms with van der Waals surface area (Å²) in [6, 6.07) is 0. The average molecular weight is 200 g/mol. The topological polar surface area (TPSA) is 46.5 Å². The Morgan fingerprint density at radius 2 is 2.08 bits per heavy atom. The number of carbonyl (C=O) groups is 1. The quantitative estimate of drug-likeness (QED) is 0.688. The van der Waals surface area contributed by atoms with Crippen LogP contribution in [0.4, 0.5) is 13.2 Å². The summed E-state index contributed by atoms with van der Waals surface area (Å²) in [4.78, 5) is 10.1. The fourth-order valence-electron chi connectivity index (χ4n) is 0.651. The van der Waals surface area contributed by atoms with Crippen LogP contribution in [0.3, 0.4) is 0 Å². The molecule has 0 bridgehead atoms. The van der Waals surface area contributed by atoms with Gasteiger partial charge in [0.05, 0.1) is 0 Å². The van der Waals surface area contributed by atoms with Gasteiger partial charge >= 0.3 is 12.1 Å². The predicted molar refractivity (Wildman–Crippen MR) is 38.3 cm³/mol. The van der Waals surface area contributed by atoms with E-state index in [4.69, 9.17) is 5.11 Å². The van der Waals surface area contributed by atoms with Gasteiger partial charge in [0.15, 0.2) is 0 Å². The number of carboxylic acid groups (broad SMARTS) is 1. The van der Waals surface area contributed by atoms with E-state index >= 15 is 0 Å². The summed E-state index contributed by atoms with van der Waals surface area (Å²) in [5, 5.41) is 8.16. The SMILES string of the molecule is CCCCOC(C(=O)O)C(F)(F)F. The second-order valence-corrected chi connectivity index (χ2v) is 2.48. The molecule has 1 N–H and O–H groups in total. The third-order valence-corrected chi connectivity index (χ3v) is 1.30. The van der Waals surface area contributed by atoms with Gasteiger partial charge in [0.25, 0.3) is 6.10 Å². The van der Waals surface area contributed by atoms with Gasteiger partial charge in [0, 0.05) is 6.61 Å². The number of rotatable bonds is 5. The minimum absolute atomic E-state index is 0.188. The summed E-state index contributed by atoms with van der Waals surface area (Å²) in [7, 11) is 0. The summed E-state index contributed by atoms with van der Waals surface area (Å²) in [5.74, 6) is -2.00. The van der Waals surface area contributed by atoms with E-state index in [0.717, 1.165) is 0 Å². The van der Waals surface area contributed by atoms with E-state index in [1.165, 1.54) is 0 Å². The molecule has 0 saturated heterocycles. The van der Waals surface area contributed by atoms with Crippen molar-refractivity contribution in [1.82, 2.24) is 0 Å². The van der Waals surface area contributed by atoms with Crippen LogP contribution < -0.4 is 0 Å². The molecule has 0 fully saturated rings. The molecule has 1 atom stereocenters. The van der Waals surface area contributed by atoms with Crippen molar-refractivity contribution >= 4 is 5.97 Å². The highest BCUT2D eigenvalue weighted by Crippen LogP contribution is 2.23. The van der Waals surface area contributed by atoms with Crippen molar-refractivity contribution in [2.45, 2.75) is 32.0 Å². The Hall–Kier alpha value is -0.780. The third kappa shape index (κ3) is 4.72. The number of carboxylic acids is 1. The maximum Gasteiger partial charge on any atom is 0.425 e. The monoisotopic (exact) mass is 200 g/mol. The maximum absolute atomic E-state index is 11.9. The van der Waals surface area contributed by atoms with E-state index in [1.807, 2.05) is 0 Å². The van der Waals surface area contributed by atoms with Gasteiger partial charge in [-0.1, -0.05) is 13.3 Å². The van der Waals surface area contributed by atoms with Gasteiger partial charge in [-0.2, -0.15) is 13.2 Å². The first-order chi connectivity index (χ1) is 5.89. The Kier molecular flexibility index (Phi) is 4.76. The second kappa shape index (κ2) is 5.06. The van der Waals surface area contributed by atoms with Gasteiger partial charge in [-0.25, -0.2) is 4.79 Å². The Morgan fingerprint density at radius 1 is 1.54 bits per heavy atom. The molecule has 0 rings (SSSR count). The first kappa shape index (κ1) is 12.2. The van der Waals surface area contributed by atoms with Crippen LogP contribution in [0.25, 0.3) is 0 Å². The van der Waals surface area contributed by atoms with Crippen molar-refractivity contribution in [3.63, 3.8) is 0 Å². The summed E-state index contributed by atoms with van der Waals surface area (Å²) in [5.41, 5.74) is 0. The summed E-state index contributed by atoms with van der Waals surface area (Å²) in [6.07, 6.45) is -6.46. The zero-order chi connectivity index (χ0) is 10.5. The van der Waals surface area contributed by atoms with Gasteiger partial charge in [-0.15, -0.1) is 0 Å². The van der Waals surface area contributed by atoms with Crippen molar-refractivity contribution in [2.75, 3.05) is 6.61 Å². The number of hydrogen-bond acceptors (Lipinski definition) is 2. The Labute approximate surface area is 73.5 Å². The molecule has 0 aliphatic heterocycles. The van der Waals surface area contributed by atoms with Crippen molar-refractivity contribution in [1.29, 1.82) is 0 Å². The number of hydrogen-bond donors (Lipinski definition) is 1. The van der Waals surface area contributed by atoms with Crippen molar-refractivity contribution < 1.29 is 27.8 Å². The van der Waals surface area contributed by atoms with E-state index in [2.05, 4.69) is 4.74 Å². The summed E-state index contributed by atoms with van der Waals surface area (Å²) in [6.45, 7) is 1.58. The highest BCUT2D eigenvalue weighted by Gasteiger charge is 2.46. The molecule has 3 nitrogen and oxygen atoms in total. The number of halogens is 3. The third-order valence-electron chi connectivity index (χ3n) is 1.30. The normalized spacial score (nSPS) is 14.2. The number of unbranched alkanes of at least 4 members (excludes halogenated alkanes) is 1. The van der Waals surface area contributed by atoms with E-state index in [0.29, 0.717) is 12.8 Å². The van der Waals surface area contributed by atoms with Crippen LogP contribution in [0.1, 0.15) is 19.8 Å². The van der Waals surface area contributed by atoms with Gasteiger partial charge in [0.1, 0.15) is 0 Å². The zero-order valence-electron chi connectivity index (χ0n) is 7.10. The van der Waals surface area contributed by atoms with Crippen LogP contribution in [0.2, 0.25) is 0 Å². The molecular formula is C7H11F3O3. The number of aliphatic carboxylic acids is 1. The fourth-order valence-corrected chi connectivity index (χ4v) is 0.651. The standard InChI is InChI=1S/C7H11F3O3/c1-2-3-4-13-5(6(11)12)7(8,9)10/h5H,2-4H2,1H3,(H,11,12). The Morgan fingerprint density at radius 3 is 2.38 bits per heavy atom. The lowest BCUT2D eigenvalue weighted by molar-refractivity contribution is -0.227. The van der Waals surface area contributed by atoms with Gasteiger partial charge in [0.2, 0.25) is 0 Å². The molecule has 0 aliphatic rings. The molecule has 6 heteroatoms. The number of ether oxygens (including phenoxy) is 1. The van der Waals surface area contributed by atoms with Crippen LogP contribution in [-0.2, 0) is 9.53 Å². The van der Waals surface area contributed by atoms with E-state index in [1.54, 1.807) is 6.92 Å². The van der Waals surface area contributed by atoms with E-state index in [-0.39, 0.29) is 6.61 Å². The fraction of sp³-hybridized carbons (Fsp3) is 0.857. The molecule has 0 saturated carbocycles. The molecule has 78 valence electrons. The molecule has 13 heavy (non-hydrogen) atoms. The van der Waals surface area contributed by atoms with Crippen LogP contribution in [0.5, 0.6) is 0 Å².